The second-order valence-electron chi connectivity index (χ2n) is 11.7. The normalized spacial score (nSPS) is 17.5. The largest absolute Gasteiger partial charge is 0.451 e. The van der Waals surface area contributed by atoms with Crippen molar-refractivity contribution in [2.24, 2.45) is 11.1 Å². The molecule has 4 N–H and O–H groups in total. The Morgan fingerprint density at radius 1 is 1.02 bits per heavy atom. The number of amides is 2. The third kappa shape index (κ3) is 10.3. The number of hydrogen-bond acceptors (Lipinski definition) is 9. The number of nitrogens with one attached hydrogen (secondary N) is 2. The van der Waals surface area contributed by atoms with Crippen molar-refractivity contribution in [1.82, 2.24) is 20.6 Å². The van der Waals surface area contributed by atoms with Crippen LogP contribution in [0.25, 0.3) is 0 Å². The lowest BCUT2D eigenvalue weighted by Crippen LogP contribution is -2.40. The van der Waals surface area contributed by atoms with Crippen molar-refractivity contribution in [2.75, 3.05) is 48.3 Å². The minimum absolute atomic E-state index is 0.0348. The summed E-state index contributed by atoms with van der Waals surface area (Å²) in [7, 11) is -3.67. The van der Waals surface area contributed by atoms with Gasteiger partial charge in [0.05, 0.1) is 23.4 Å². The highest BCUT2D eigenvalue weighted by Gasteiger charge is 2.38. The predicted molar refractivity (Wildman–Crippen MR) is 165 cm³/mol. The highest BCUT2D eigenvalue weighted by molar-refractivity contribution is 7.89. The summed E-state index contributed by atoms with van der Waals surface area (Å²) in [6.07, 6.45) is -0.0157. The highest BCUT2D eigenvalue weighted by atomic mass is 32.2. The number of urea groups is 1. The molecule has 2 saturated heterocycles. The molecule has 1 aromatic carbocycles. The minimum Gasteiger partial charge on any atom is -0.356 e. The van der Waals surface area contributed by atoms with Crippen molar-refractivity contribution in [1.29, 1.82) is 5.26 Å². The van der Waals surface area contributed by atoms with Crippen molar-refractivity contribution in [3.8, 4) is 6.07 Å². The van der Waals surface area contributed by atoms with Crippen LogP contribution < -0.4 is 25.6 Å². The van der Waals surface area contributed by atoms with Gasteiger partial charge < -0.3 is 20.4 Å². The first kappa shape index (κ1) is 34.9. The minimum atomic E-state index is -4.76. The van der Waals surface area contributed by atoms with Gasteiger partial charge in [0, 0.05) is 45.2 Å². The molecular formula is C30H39F3N8O4S. The molecule has 1 aromatic heterocycles. The number of sulfonamides is 1. The number of carbonyl (C=O) groups excluding carboxylic acids is 2. The molecule has 4 rings (SSSR count). The summed E-state index contributed by atoms with van der Waals surface area (Å²) in [5.41, 5.74) is 1.57. The van der Waals surface area contributed by atoms with Crippen LogP contribution in [0.5, 0.6) is 0 Å². The van der Waals surface area contributed by atoms with Gasteiger partial charge in [0.25, 0.3) is 0 Å². The fourth-order valence-corrected chi connectivity index (χ4v) is 6.21. The standard InChI is InChI=1S/C30H39F3N8O4S/c31-30(32,33)28-38-26(40-16-11-22(12-17-40)10-13-36-29(43)37-14-18-46(35,44)45)19-27(39-28)41-15-2-4-24(41)25(42)5-1-3-21-6-8-23(20-34)9-7-21/h6-9,19,22,24H,1-5,10-18H2,(H2,35,44,45)(H2,36,37,43)/t24-/m0/s1. The number of nitrogens with two attached hydrogens (primary N) is 1. The molecule has 0 radical (unpaired) electrons. The van der Waals surface area contributed by atoms with E-state index in [0.29, 0.717) is 76.7 Å². The maximum absolute atomic E-state index is 13.9. The third-order valence-corrected chi connectivity index (χ3v) is 9.07. The molecular weight excluding hydrogens is 625 g/mol. The Hall–Kier alpha value is -3.97. The van der Waals surface area contributed by atoms with Crippen LogP contribution in [-0.2, 0) is 27.4 Å². The van der Waals surface area contributed by atoms with E-state index < -0.39 is 34.1 Å². The second-order valence-corrected chi connectivity index (χ2v) is 13.4. The zero-order valence-electron chi connectivity index (χ0n) is 25.4. The first-order chi connectivity index (χ1) is 21.8. The Balaban J connectivity index is 1.33. The van der Waals surface area contributed by atoms with E-state index in [-0.39, 0.29) is 42.1 Å². The van der Waals surface area contributed by atoms with E-state index in [9.17, 15) is 31.2 Å². The van der Waals surface area contributed by atoms with E-state index in [0.717, 1.165) is 5.56 Å². The molecule has 16 heteroatoms. The number of aromatic nitrogens is 2. The van der Waals surface area contributed by atoms with Gasteiger partial charge in [0.1, 0.15) is 11.6 Å². The van der Waals surface area contributed by atoms with E-state index in [1.807, 2.05) is 12.1 Å². The van der Waals surface area contributed by atoms with Gasteiger partial charge in [0.15, 0.2) is 5.78 Å². The van der Waals surface area contributed by atoms with Gasteiger partial charge in [-0.05, 0) is 68.6 Å². The second kappa shape index (κ2) is 15.5. The number of ketones is 1. The van der Waals surface area contributed by atoms with Crippen LogP contribution in [0, 0.1) is 17.2 Å². The van der Waals surface area contributed by atoms with E-state index in [1.165, 1.54) is 0 Å². The first-order valence-electron chi connectivity index (χ1n) is 15.3. The topological polar surface area (TPSA) is 174 Å². The maximum Gasteiger partial charge on any atom is 0.451 e. The summed E-state index contributed by atoms with van der Waals surface area (Å²) in [6.45, 7) is 1.62. The molecule has 2 fully saturated rings. The average Bonchev–Trinajstić information content (AvgIpc) is 3.51. The van der Waals surface area contributed by atoms with E-state index in [2.05, 4.69) is 26.7 Å². The summed E-state index contributed by atoms with van der Waals surface area (Å²) >= 11 is 0. The smallest absolute Gasteiger partial charge is 0.356 e. The lowest BCUT2D eigenvalue weighted by atomic mass is 9.93. The Morgan fingerprint density at radius 2 is 1.70 bits per heavy atom. The zero-order valence-corrected chi connectivity index (χ0v) is 26.2. The van der Waals surface area contributed by atoms with Gasteiger partial charge in [-0.3, -0.25) is 4.79 Å². The lowest BCUT2D eigenvalue weighted by Gasteiger charge is -2.34. The van der Waals surface area contributed by atoms with Crippen LogP contribution in [0.1, 0.15) is 61.9 Å². The molecule has 0 bridgehead atoms. The Bertz CT molecular complexity index is 1510. The van der Waals surface area contributed by atoms with Crippen LogP contribution in [0.3, 0.4) is 0 Å². The lowest BCUT2D eigenvalue weighted by molar-refractivity contribution is -0.144. The SMILES string of the molecule is N#Cc1ccc(CCCC(=O)[C@@H]2CCCN2c2cc(N3CCC(CCNC(=O)NCCS(N)(=O)=O)CC3)nc(C(F)(F)F)n2)cc1. The number of carbonyl (C=O) groups is 2. The predicted octanol–water partition coefficient (Wildman–Crippen LogP) is 3.12. The van der Waals surface area contributed by atoms with Crippen LogP contribution in [0.15, 0.2) is 30.3 Å². The number of anilines is 2. The molecule has 0 unspecified atom stereocenters. The number of halogens is 3. The molecule has 0 spiro atoms. The number of piperidine rings is 1. The number of primary sulfonamides is 1. The van der Waals surface area contributed by atoms with E-state index in [4.69, 9.17) is 10.4 Å². The fraction of sp³-hybridized carbons (Fsp3) is 0.567. The number of hydrogen-bond donors (Lipinski definition) is 3. The summed E-state index contributed by atoms with van der Waals surface area (Å²) in [5, 5.41) is 19.0. The summed E-state index contributed by atoms with van der Waals surface area (Å²) < 4.78 is 63.7. The van der Waals surface area contributed by atoms with E-state index in [1.54, 1.807) is 28.0 Å². The van der Waals surface area contributed by atoms with Crippen molar-refractivity contribution in [3.05, 3.63) is 47.3 Å². The van der Waals surface area contributed by atoms with Gasteiger partial charge in [-0.15, -0.1) is 0 Å². The fourth-order valence-electron chi connectivity index (χ4n) is 5.82. The molecule has 0 aliphatic carbocycles. The molecule has 46 heavy (non-hydrogen) atoms. The third-order valence-electron chi connectivity index (χ3n) is 8.29. The number of nitriles is 1. The molecule has 2 aromatic rings. The van der Waals surface area contributed by atoms with Crippen LogP contribution in [0.4, 0.5) is 29.6 Å². The summed E-state index contributed by atoms with van der Waals surface area (Å²) in [5.74, 6) is -1.14. The summed E-state index contributed by atoms with van der Waals surface area (Å²) in [6, 6.07) is 9.73. The Kier molecular flexibility index (Phi) is 11.8. The van der Waals surface area contributed by atoms with Gasteiger partial charge in [-0.25, -0.2) is 28.3 Å². The van der Waals surface area contributed by atoms with Crippen molar-refractivity contribution >= 4 is 33.5 Å². The van der Waals surface area contributed by atoms with Gasteiger partial charge in [0.2, 0.25) is 15.8 Å². The molecule has 2 amide bonds. The molecule has 0 saturated carbocycles. The first-order valence-corrected chi connectivity index (χ1v) is 17.1. The molecule has 2 aliphatic heterocycles. The number of aryl methyl sites for hydroxylation is 1. The van der Waals surface area contributed by atoms with E-state index >= 15 is 0 Å². The monoisotopic (exact) mass is 664 g/mol. The number of nitrogens with zero attached hydrogens (tertiary/aromatic N) is 5. The average molecular weight is 665 g/mol. The quantitative estimate of drug-likeness (QED) is 0.291. The summed E-state index contributed by atoms with van der Waals surface area (Å²) in [4.78, 5) is 36.3. The Morgan fingerprint density at radius 3 is 2.35 bits per heavy atom. The number of rotatable bonds is 13. The number of benzene rings is 1. The Labute approximate surface area is 266 Å². The number of Topliss-reactive ketones (excluding diaryl/α,β-unsaturated/α-hetero) is 1. The van der Waals surface area contributed by atoms with Crippen LogP contribution >= 0.6 is 0 Å². The molecule has 3 heterocycles. The van der Waals surface area contributed by atoms with Gasteiger partial charge >= 0.3 is 12.2 Å². The van der Waals surface area contributed by atoms with Crippen LogP contribution in [0.2, 0.25) is 0 Å². The molecule has 2 aliphatic rings. The van der Waals surface area contributed by atoms with Gasteiger partial charge in [-0.1, -0.05) is 12.1 Å². The molecule has 12 nitrogen and oxygen atoms in total. The highest BCUT2D eigenvalue weighted by Crippen LogP contribution is 2.34. The van der Waals surface area contributed by atoms with Crippen molar-refractivity contribution in [3.63, 3.8) is 0 Å². The van der Waals surface area contributed by atoms with Crippen molar-refractivity contribution < 1.29 is 31.2 Å². The van der Waals surface area contributed by atoms with Crippen molar-refractivity contribution in [2.45, 2.75) is 63.6 Å². The number of alkyl halides is 3. The molecule has 1 atom stereocenters. The van der Waals surface area contributed by atoms with Gasteiger partial charge in [-0.2, -0.15) is 18.4 Å². The molecule has 250 valence electrons. The van der Waals surface area contributed by atoms with Crippen LogP contribution in [-0.4, -0.2) is 74.7 Å². The zero-order chi connectivity index (χ0) is 33.3. The maximum atomic E-state index is 13.9.